The summed E-state index contributed by atoms with van der Waals surface area (Å²) >= 11 is 0. The second-order valence-corrected chi connectivity index (χ2v) is 41.1. The molecular formula is C90H137N15+2. The van der Waals surface area contributed by atoms with E-state index in [-0.39, 0.29) is 49.4 Å². The zero-order valence-electron chi connectivity index (χ0n) is 70.9. The molecule has 2 N–H and O–H groups in total. The summed E-state index contributed by atoms with van der Waals surface area (Å²) in [6, 6.07) is 35.2. The molecule has 0 fully saturated rings. The van der Waals surface area contributed by atoms with Crippen molar-refractivity contribution in [2.45, 2.75) is 342 Å². The maximum Gasteiger partial charge on any atom is 0.256 e. The van der Waals surface area contributed by atoms with E-state index in [2.05, 4.69) is 370 Å². The maximum absolute atomic E-state index is 4.82. The SMILES string of the molecule is CC(C)(C)C1CCCCCc2c1nnn2C(C)(C)C.CC(C)(C)C1CCCCCc2n[nH][n+](C(C)(C)C)c21.CC(C)(C)C1Cc2ccccc2-c2c(n[nH][n+]2C(C)(C)C)-c2ccccc21.CC(C)(C)C1Cc2ccccc2-c2nnn(C(C)(C)C)c2-c2ccccc21.CC(C)(C)c1cn(C(C)(C)C)nn1. The number of hydrogen-bond donors (Lipinski definition) is 2. The van der Waals surface area contributed by atoms with Gasteiger partial charge in [0.1, 0.15) is 16.8 Å². The average Bonchev–Trinajstić information content (AvgIpc) is 1.68. The smallest absolute Gasteiger partial charge is 0.247 e. The first-order valence-corrected chi connectivity index (χ1v) is 39.7. The molecule has 4 aliphatic carbocycles. The van der Waals surface area contributed by atoms with Gasteiger partial charge in [-0.3, -0.25) is 0 Å². The van der Waals surface area contributed by atoms with E-state index in [0.29, 0.717) is 29.1 Å². The van der Waals surface area contributed by atoms with Crippen molar-refractivity contribution in [2.24, 2.45) is 21.7 Å². The van der Waals surface area contributed by atoms with Crippen molar-refractivity contribution in [3.8, 4) is 45.0 Å². The Labute approximate surface area is 633 Å². The Morgan fingerprint density at radius 1 is 0.390 bits per heavy atom. The number of aromatic nitrogens is 15. The van der Waals surface area contributed by atoms with Crippen LogP contribution >= 0.6 is 0 Å². The third kappa shape index (κ3) is 18.9. The van der Waals surface area contributed by atoms with Crippen LogP contribution in [0.4, 0.5) is 0 Å². The fourth-order valence-electron chi connectivity index (χ4n) is 15.8. The molecular weight excluding hydrogens is 1290 g/mol. The molecule has 5 heterocycles. The summed E-state index contributed by atoms with van der Waals surface area (Å²) < 4.78 is 10.7. The van der Waals surface area contributed by atoms with Gasteiger partial charge in [-0.15, -0.1) is 20.0 Å². The molecule has 9 aromatic rings. The molecule has 0 aliphatic heterocycles. The standard InChI is InChI=1S/2C24H29N3.2C16H29N3.C10H19N3/c1-23(2,3)20-15-16-11-7-8-12-17(16)22-21(19-14-10-9-13-18(19)20)25-26-27(22)24(4,5)6;1-23(2,3)20-15-16-11-7-8-12-17(16)21-22(19-14-10-9-13-18(19)20)27(26-25-21)24(4,5)6;1-15(2,3)12-10-8-7-9-11-13-14(12)17-18-19(13)16(4,5)6;1-15(2,3)12-10-8-7-9-11-13-14(12)19(18-17-13)16(4,5)6;1-9(2,3)8-7-13(12-11-8)10(4,5)6/h2*7-14,20H,15H2,1-6H3;2*12H,7-11H2,1-6H3;7H,1-6H3/p+2. The lowest BCUT2D eigenvalue weighted by Crippen LogP contribution is -2.56. The molecule has 105 heavy (non-hydrogen) atoms. The first kappa shape index (κ1) is 81.7. The van der Waals surface area contributed by atoms with Crippen molar-refractivity contribution in [1.82, 2.24) is 65.6 Å². The molecule has 4 atom stereocenters. The molecule has 0 bridgehead atoms. The summed E-state index contributed by atoms with van der Waals surface area (Å²) in [5.41, 5.74) is 22.3. The lowest BCUT2D eigenvalue weighted by molar-refractivity contribution is -0.812. The highest BCUT2D eigenvalue weighted by Crippen LogP contribution is 2.50. The first-order valence-electron chi connectivity index (χ1n) is 39.7. The van der Waals surface area contributed by atoms with Gasteiger partial charge >= 0.3 is 0 Å². The number of fused-ring (bicyclic) bond motifs is 12. The van der Waals surface area contributed by atoms with Gasteiger partial charge in [0, 0.05) is 62.3 Å². The maximum atomic E-state index is 4.82. The summed E-state index contributed by atoms with van der Waals surface area (Å²) in [5, 5.41) is 42.7. The van der Waals surface area contributed by atoms with E-state index in [1.54, 1.807) is 0 Å². The molecule has 0 saturated heterocycles. The van der Waals surface area contributed by atoms with E-state index < -0.39 is 0 Å². The Morgan fingerprint density at radius 3 is 1.34 bits per heavy atom. The molecule has 0 spiro atoms. The number of H-pyrrole nitrogens is 2. The van der Waals surface area contributed by atoms with Crippen LogP contribution in [-0.2, 0) is 58.8 Å². The minimum Gasteiger partial charge on any atom is -0.247 e. The second-order valence-electron chi connectivity index (χ2n) is 41.1. The third-order valence-electron chi connectivity index (χ3n) is 21.8. The van der Waals surface area contributed by atoms with Gasteiger partial charge in [0.15, 0.2) is 5.69 Å². The zero-order valence-corrected chi connectivity index (χ0v) is 70.9. The normalized spacial score (nSPS) is 18.1. The molecule has 0 saturated carbocycles. The minimum atomic E-state index is -0.140. The molecule has 570 valence electrons. The fraction of sp³-hybridized carbons (Fsp3) is 0.622. The van der Waals surface area contributed by atoms with Gasteiger partial charge in [0.2, 0.25) is 11.4 Å². The third-order valence-corrected chi connectivity index (χ3v) is 21.8. The van der Waals surface area contributed by atoms with E-state index in [0.717, 1.165) is 48.5 Å². The van der Waals surface area contributed by atoms with Gasteiger partial charge in [-0.05, 0) is 211 Å². The topological polar surface area (TPSA) is 157 Å². The van der Waals surface area contributed by atoms with Crippen molar-refractivity contribution >= 4 is 0 Å². The lowest BCUT2D eigenvalue weighted by Gasteiger charge is -2.35. The molecule has 5 aromatic heterocycles. The summed E-state index contributed by atoms with van der Waals surface area (Å²) in [6.45, 7) is 67.6. The van der Waals surface area contributed by atoms with E-state index >= 15 is 0 Å². The molecule has 4 aromatic carbocycles. The number of aryl methyl sites for hydroxylation is 1. The van der Waals surface area contributed by atoms with Crippen LogP contribution in [0, 0.1) is 21.7 Å². The van der Waals surface area contributed by atoms with Crippen molar-refractivity contribution in [3.63, 3.8) is 0 Å². The quantitative estimate of drug-likeness (QED) is 0.142. The molecule has 4 unspecified atom stereocenters. The largest absolute Gasteiger partial charge is 0.256 e. The van der Waals surface area contributed by atoms with Gasteiger partial charge in [0.05, 0.1) is 39.4 Å². The monoisotopic (exact) mass is 1430 g/mol. The Hall–Kier alpha value is -7.42. The van der Waals surface area contributed by atoms with E-state index in [1.807, 2.05) is 10.9 Å². The second kappa shape index (κ2) is 30.7. The van der Waals surface area contributed by atoms with Gasteiger partial charge in [-0.25, -0.2) is 14.0 Å². The lowest BCUT2D eigenvalue weighted by atomic mass is 9.70. The van der Waals surface area contributed by atoms with Crippen LogP contribution in [0.5, 0.6) is 0 Å². The zero-order chi connectivity index (χ0) is 77.6. The molecule has 4 aliphatic rings. The van der Waals surface area contributed by atoms with Gasteiger partial charge in [0.25, 0.3) is 5.69 Å². The molecule has 0 radical (unpaired) electrons. The van der Waals surface area contributed by atoms with Crippen molar-refractivity contribution in [3.05, 3.63) is 154 Å². The Balaban J connectivity index is 0.000000155. The predicted octanol–water partition coefficient (Wildman–Crippen LogP) is 21.8. The van der Waals surface area contributed by atoms with Gasteiger partial charge in [-0.1, -0.05) is 247 Å². The van der Waals surface area contributed by atoms with Crippen LogP contribution in [0.1, 0.15) is 333 Å². The summed E-state index contributed by atoms with van der Waals surface area (Å²) in [4.78, 5) is 0. The van der Waals surface area contributed by atoms with Crippen molar-refractivity contribution in [1.29, 1.82) is 0 Å². The number of nitrogens with one attached hydrogen (secondary N) is 2. The van der Waals surface area contributed by atoms with E-state index in [1.165, 1.54) is 124 Å². The summed E-state index contributed by atoms with van der Waals surface area (Å²) in [5.74, 6) is 1.99. The summed E-state index contributed by atoms with van der Waals surface area (Å²) in [6.07, 6.45) is 16.8. The van der Waals surface area contributed by atoms with Crippen LogP contribution in [0.25, 0.3) is 45.0 Å². The van der Waals surface area contributed by atoms with Crippen LogP contribution in [-0.4, -0.2) is 65.6 Å². The highest BCUT2D eigenvalue weighted by Gasteiger charge is 2.43. The summed E-state index contributed by atoms with van der Waals surface area (Å²) in [7, 11) is 0. The Bertz CT molecular complexity index is 4320. The van der Waals surface area contributed by atoms with E-state index in [9.17, 15) is 0 Å². The predicted molar refractivity (Wildman–Crippen MR) is 434 cm³/mol. The number of aromatic amines is 2. The minimum absolute atomic E-state index is 0.0243. The van der Waals surface area contributed by atoms with Gasteiger partial charge in [-0.2, -0.15) is 4.68 Å². The number of rotatable bonds is 0. The molecule has 15 heteroatoms. The van der Waals surface area contributed by atoms with E-state index in [4.69, 9.17) is 5.10 Å². The Morgan fingerprint density at radius 2 is 0.848 bits per heavy atom. The molecule has 15 nitrogen and oxygen atoms in total. The fourth-order valence-corrected chi connectivity index (χ4v) is 15.8. The Kier molecular flexibility index (Phi) is 23.9. The number of benzene rings is 4. The highest BCUT2D eigenvalue weighted by atomic mass is 15.5. The number of nitrogens with zero attached hydrogens (tertiary/aromatic N) is 13. The van der Waals surface area contributed by atoms with Crippen LogP contribution in [0.3, 0.4) is 0 Å². The van der Waals surface area contributed by atoms with Crippen LogP contribution in [0.2, 0.25) is 0 Å². The van der Waals surface area contributed by atoms with Crippen molar-refractivity contribution in [2.75, 3.05) is 0 Å². The molecule has 0 amide bonds. The first-order chi connectivity index (χ1) is 48.5. The van der Waals surface area contributed by atoms with Gasteiger partial charge < -0.3 is 0 Å². The van der Waals surface area contributed by atoms with Crippen molar-refractivity contribution < 1.29 is 9.36 Å². The molecule has 13 rings (SSSR count). The van der Waals surface area contributed by atoms with Crippen LogP contribution < -0.4 is 9.36 Å². The average molecular weight is 1430 g/mol. The number of hydrogen-bond acceptors (Lipinski definition) is 8. The van der Waals surface area contributed by atoms with Crippen LogP contribution in [0.15, 0.2) is 103 Å². The highest BCUT2D eigenvalue weighted by molar-refractivity contribution is 5.83.